The first kappa shape index (κ1) is 20.2. The summed E-state index contributed by atoms with van der Waals surface area (Å²) in [5.41, 5.74) is 20.2. The topological polar surface area (TPSA) is 179 Å². The molecule has 0 rings (SSSR count). The summed E-state index contributed by atoms with van der Waals surface area (Å²) in [6, 6.07) is 0. The number of hydrogen-bond acceptors (Lipinski definition) is 6. The molecule has 0 amide bonds. The molecule has 0 atom stereocenters. The largest absolute Gasteiger partial charge is 0.394 e. The summed E-state index contributed by atoms with van der Waals surface area (Å²) >= 11 is 0. The van der Waals surface area contributed by atoms with Crippen LogP contribution in [-0.2, 0) is 10.4 Å². The summed E-state index contributed by atoms with van der Waals surface area (Å²) in [5, 5.41) is 0. The van der Waals surface area contributed by atoms with Crippen molar-refractivity contribution in [2.24, 2.45) is 22.9 Å². The maximum absolute atomic E-state index is 8.74. The van der Waals surface area contributed by atoms with E-state index in [0.29, 0.717) is 0 Å². The van der Waals surface area contributed by atoms with Crippen LogP contribution in [0.25, 0.3) is 0 Å². The second kappa shape index (κ2) is 16.2. The summed E-state index contributed by atoms with van der Waals surface area (Å²) in [6.07, 6.45) is 1.89. The van der Waals surface area contributed by atoms with E-state index in [-0.39, 0.29) is 0 Å². The fourth-order valence-corrected chi connectivity index (χ4v) is 0.236. The van der Waals surface area contributed by atoms with Gasteiger partial charge in [-0.15, -0.1) is 0 Å². The van der Waals surface area contributed by atoms with E-state index >= 15 is 0 Å². The summed E-state index contributed by atoms with van der Waals surface area (Å²) in [6.45, 7) is 2.88. The molecule has 0 saturated heterocycles. The zero-order chi connectivity index (χ0) is 12.7. The van der Waals surface area contributed by atoms with Gasteiger partial charge in [0.2, 0.25) is 0 Å². The minimum atomic E-state index is -4.67. The Morgan fingerprint density at radius 1 is 0.733 bits per heavy atom. The summed E-state index contributed by atoms with van der Waals surface area (Å²) < 4.78 is 31.6. The number of rotatable bonds is 4. The average Bonchev–Trinajstić information content (AvgIpc) is 2.05. The maximum atomic E-state index is 8.74. The second-order valence-corrected chi connectivity index (χ2v) is 3.21. The molecule has 0 aliphatic carbocycles. The molecule has 0 bridgehead atoms. The van der Waals surface area contributed by atoms with Crippen LogP contribution in [0.2, 0.25) is 0 Å². The standard InChI is InChI=1S/2C3H10N2.H2O4S/c2*4-2-1-3-5;1-5(2,3)4/h2*1-5H2;(H2,1,2,3,4). The van der Waals surface area contributed by atoms with E-state index in [1.54, 1.807) is 0 Å². The molecule has 0 aromatic rings. The van der Waals surface area contributed by atoms with Gasteiger partial charge >= 0.3 is 10.4 Å². The van der Waals surface area contributed by atoms with Crippen molar-refractivity contribution in [3.05, 3.63) is 0 Å². The van der Waals surface area contributed by atoms with Gasteiger partial charge in [-0.2, -0.15) is 8.42 Å². The van der Waals surface area contributed by atoms with Crippen molar-refractivity contribution in [2.75, 3.05) is 26.2 Å². The third-order valence-corrected chi connectivity index (χ3v) is 0.816. The van der Waals surface area contributed by atoms with Crippen molar-refractivity contribution >= 4 is 10.4 Å². The van der Waals surface area contributed by atoms with Gasteiger partial charge in [0.05, 0.1) is 0 Å². The Balaban J connectivity index is -0.000000144. The molecule has 0 heterocycles. The van der Waals surface area contributed by atoms with E-state index in [4.69, 9.17) is 40.5 Å². The van der Waals surface area contributed by atoms with Crippen molar-refractivity contribution in [1.82, 2.24) is 0 Å². The molecule has 10 N–H and O–H groups in total. The molecule has 15 heavy (non-hydrogen) atoms. The molecule has 0 spiro atoms. The summed E-state index contributed by atoms with van der Waals surface area (Å²) in [4.78, 5) is 0. The zero-order valence-electron chi connectivity index (χ0n) is 8.67. The van der Waals surface area contributed by atoms with E-state index in [9.17, 15) is 0 Å². The highest BCUT2D eigenvalue weighted by Crippen LogP contribution is 1.59. The minimum Gasteiger partial charge on any atom is -0.330 e. The average molecular weight is 246 g/mol. The molecule has 0 radical (unpaired) electrons. The van der Waals surface area contributed by atoms with Crippen molar-refractivity contribution in [3.8, 4) is 0 Å². The quantitative estimate of drug-likeness (QED) is 0.306. The molecule has 0 aromatic carbocycles. The molecule has 8 nitrogen and oxygen atoms in total. The third kappa shape index (κ3) is 137. The molecular weight excluding hydrogens is 224 g/mol. The second-order valence-electron chi connectivity index (χ2n) is 2.31. The van der Waals surface area contributed by atoms with Gasteiger partial charge in [0, 0.05) is 0 Å². The van der Waals surface area contributed by atoms with Crippen molar-refractivity contribution in [2.45, 2.75) is 12.8 Å². The van der Waals surface area contributed by atoms with Gasteiger partial charge in [0.25, 0.3) is 0 Å². The first-order valence-corrected chi connectivity index (χ1v) is 5.73. The molecular formula is C6H22N4O4S. The van der Waals surface area contributed by atoms with Gasteiger partial charge in [-0.1, -0.05) is 0 Å². The Morgan fingerprint density at radius 2 is 0.867 bits per heavy atom. The van der Waals surface area contributed by atoms with E-state index in [1.165, 1.54) is 0 Å². The third-order valence-electron chi connectivity index (χ3n) is 0.816. The highest BCUT2D eigenvalue weighted by molar-refractivity contribution is 7.79. The fourth-order valence-electron chi connectivity index (χ4n) is 0.236. The smallest absolute Gasteiger partial charge is 0.330 e. The van der Waals surface area contributed by atoms with Crippen LogP contribution in [0.15, 0.2) is 0 Å². The van der Waals surface area contributed by atoms with E-state index < -0.39 is 10.4 Å². The van der Waals surface area contributed by atoms with Crippen LogP contribution in [0.3, 0.4) is 0 Å². The Hall–Kier alpha value is -0.290. The monoisotopic (exact) mass is 246 g/mol. The fraction of sp³-hybridized carbons (Fsp3) is 1.00. The lowest BCUT2D eigenvalue weighted by Gasteiger charge is -1.81. The molecule has 9 heteroatoms. The van der Waals surface area contributed by atoms with Gasteiger partial charge in [0.15, 0.2) is 0 Å². The number of nitrogens with two attached hydrogens (primary N) is 4. The molecule has 0 saturated carbocycles. The Labute approximate surface area is 90.6 Å². The predicted octanol–water partition coefficient (Wildman–Crippen LogP) is -2.06. The summed E-state index contributed by atoms with van der Waals surface area (Å²) in [5.74, 6) is 0. The van der Waals surface area contributed by atoms with E-state index in [2.05, 4.69) is 0 Å². The Morgan fingerprint density at radius 3 is 0.867 bits per heavy atom. The van der Waals surface area contributed by atoms with Gasteiger partial charge in [-0.3, -0.25) is 9.11 Å². The normalized spacial score (nSPS) is 9.47. The van der Waals surface area contributed by atoms with Crippen LogP contribution in [0.5, 0.6) is 0 Å². The van der Waals surface area contributed by atoms with E-state index in [1.807, 2.05) is 0 Å². The highest BCUT2D eigenvalue weighted by atomic mass is 32.3. The first-order chi connectivity index (χ1) is 6.83. The Kier molecular flexibility index (Phi) is 21.7. The molecule has 0 aliphatic rings. The van der Waals surface area contributed by atoms with Gasteiger partial charge in [-0.25, -0.2) is 0 Å². The first-order valence-electron chi connectivity index (χ1n) is 4.33. The lowest BCUT2D eigenvalue weighted by atomic mass is 10.4. The zero-order valence-corrected chi connectivity index (χ0v) is 9.49. The van der Waals surface area contributed by atoms with Crippen LogP contribution in [-0.4, -0.2) is 43.7 Å². The predicted molar refractivity (Wildman–Crippen MR) is 59.6 cm³/mol. The maximum Gasteiger partial charge on any atom is 0.394 e. The van der Waals surface area contributed by atoms with Gasteiger partial charge < -0.3 is 22.9 Å². The van der Waals surface area contributed by atoms with Crippen LogP contribution < -0.4 is 22.9 Å². The van der Waals surface area contributed by atoms with E-state index in [0.717, 1.165) is 39.0 Å². The van der Waals surface area contributed by atoms with Crippen molar-refractivity contribution in [1.29, 1.82) is 0 Å². The van der Waals surface area contributed by atoms with Crippen molar-refractivity contribution in [3.63, 3.8) is 0 Å². The molecule has 96 valence electrons. The molecule has 0 aliphatic heterocycles. The minimum absolute atomic E-state index is 0.719. The molecule has 0 unspecified atom stereocenters. The van der Waals surface area contributed by atoms with Gasteiger partial charge in [-0.05, 0) is 39.0 Å². The SMILES string of the molecule is NCCCN.NCCCN.O=S(=O)(O)O. The molecule has 0 aromatic heterocycles. The van der Waals surface area contributed by atoms with Crippen LogP contribution in [0, 0.1) is 0 Å². The van der Waals surface area contributed by atoms with Crippen LogP contribution >= 0.6 is 0 Å². The van der Waals surface area contributed by atoms with Crippen LogP contribution in [0.1, 0.15) is 12.8 Å². The highest BCUT2D eigenvalue weighted by Gasteiger charge is 1.84. The van der Waals surface area contributed by atoms with Gasteiger partial charge in [0.1, 0.15) is 0 Å². The lowest BCUT2D eigenvalue weighted by Crippen LogP contribution is -2.06. The summed E-state index contributed by atoms with van der Waals surface area (Å²) in [7, 11) is -4.67. The van der Waals surface area contributed by atoms with Crippen molar-refractivity contribution < 1.29 is 17.5 Å². The lowest BCUT2D eigenvalue weighted by molar-refractivity contribution is 0.381. The number of hydrogen-bond donors (Lipinski definition) is 6. The Bertz CT molecular complexity index is 168. The molecule has 0 fully saturated rings. The van der Waals surface area contributed by atoms with Crippen LogP contribution in [0.4, 0.5) is 0 Å².